The van der Waals surface area contributed by atoms with Crippen molar-refractivity contribution in [1.82, 2.24) is 15.2 Å². The van der Waals surface area contributed by atoms with Crippen LogP contribution in [0.4, 0.5) is 0 Å². The Morgan fingerprint density at radius 1 is 1.03 bits per heavy atom. The van der Waals surface area contributed by atoms with Gasteiger partial charge in [0, 0.05) is 36.2 Å². The number of likely N-dealkylation sites (tertiary alicyclic amines) is 1. The summed E-state index contributed by atoms with van der Waals surface area (Å²) in [4.78, 5) is 30.6. The molecule has 5 rings (SSSR count). The van der Waals surface area contributed by atoms with E-state index in [-0.39, 0.29) is 23.8 Å². The number of methoxy groups -OCH3 is 1. The number of primary amides is 1. The van der Waals surface area contributed by atoms with E-state index in [4.69, 9.17) is 10.5 Å². The molecule has 0 spiro atoms. The van der Waals surface area contributed by atoms with E-state index in [1.807, 2.05) is 29.2 Å². The Bertz CT molecular complexity index is 1210. The van der Waals surface area contributed by atoms with Crippen LogP contribution in [0.15, 0.2) is 54.7 Å². The summed E-state index contributed by atoms with van der Waals surface area (Å²) in [7, 11) is 1.63. The lowest BCUT2D eigenvalue weighted by Gasteiger charge is -2.38. The Kier molecular flexibility index (Phi) is 7.79. The summed E-state index contributed by atoms with van der Waals surface area (Å²) >= 11 is 0. The highest BCUT2D eigenvalue weighted by molar-refractivity contribution is 5.83. The number of carbonyl (C=O) groups is 2. The molecule has 2 aromatic carbocycles. The number of piperidine rings is 1. The number of aromatic amines is 1. The second kappa shape index (κ2) is 11.4. The molecule has 7 heteroatoms. The number of fused-ring (bicyclic) bond motifs is 1. The summed E-state index contributed by atoms with van der Waals surface area (Å²) in [5.74, 6) is 1.34. The topological polar surface area (TPSA) is 100 Å². The molecule has 0 radical (unpaired) electrons. The minimum Gasteiger partial charge on any atom is -0.497 e. The maximum absolute atomic E-state index is 12.8. The predicted octanol–water partition coefficient (Wildman–Crippen LogP) is 4.13. The fraction of sp³-hybridized carbons (Fsp3) is 0.467. The molecular weight excluding hydrogens is 464 g/mol. The van der Waals surface area contributed by atoms with Crippen LogP contribution in [0.5, 0.6) is 5.75 Å². The number of carbonyl (C=O) groups excluding carboxylic acids is 2. The molecule has 1 saturated carbocycles. The van der Waals surface area contributed by atoms with Gasteiger partial charge in [-0.3, -0.25) is 9.59 Å². The SMILES string of the molecule is COc1ccc(CC(=O)N2CCC(C(NC3CCC(c4c[nH]c5ccccc45)CC3)C(N)=O)CC2)cc1. The van der Waals surface area contributed by atoms with Gasteiger partial charge >= 0.3 is 0 Å². The van der Waals surface area contributed by atoms with Crippen LogP contribution in [0.25, 0.3) is 10.9 Å². The van der Waals surface area contributed by atoms with Crippen molar-refractivity contribution in [3.63, 3.8) is 0 Å². The van der Waals surface area contributed by atoms with E-state index < -0.39 is 0 Å². The van der Waals surface area contributed by atoms with Crippen LogP contribution < -0.4 is 15.8 Å². The van der Waals surface area contributed by atoms with Crippen molar-refractivity contribution in [3.05, 3.63) is 65.9 Å². The van der Waals surface area contributed by atoms with Crippen molar-refractivity contribution in [2.45, 2.75) is 62.9 Å². The fourth-order valence-electron chi connectivity index (χ4n) is 6.22. The number of H-pyrrole nitrogens is 1. The molecule has 196 valence electrons. The van der Waals surface area contributed by atoms with Crippen molar-refractivity contribution in [2.75, 3.05) is 20.2 Å². The summed E-state index contributed by atoms with van der Waals surface area (Å²) in [6.45, 7) is 1.33. The monoisotopic (exact) mass is 502 g/mol. The van der Waals surface area contributed by atoms with Gasteiger partial charge in [0.1, 0.15) is 5.75 Å². The second-order valence-corrected chi connectivity index (χ2v) is 10.6. The first-order chi connectivity index (χ1) is 18.0. The standard InChI is InChI=1S/C30H38N4O3/c1-37-24-12-6-20(7-13-24)18-28(35)34-16-14-22(15-17-34)29(30(31)36)33-23-10-8-21(9-11-23)26-19-32-27-5-3-2-4-25(26)27/h2-7,12-13,19,21-23,29,32-33H,8-11,14-18H2,1H3,(H2,31,36). The summed E-state index contributed by atoms with van der Waals surface area (Å²) in [6, 6.07) is 16.1. The summed E-state index contributed by atoms with van der Waals surface area (Å²) < 4.78 is 5.20. The van der Waals surface area contributed by atoms with Crippen molar-refractivity contribution in [1.29, 1.82) is 0 Å². The van der Waals surface area contributed by atoms with Crippen LogP contribution in [-0.4, -0.2) is 54.0 Å². The molecular formula is C30H38N4O3. The summed E-state index contributed by atoms with van der Waals surface area (Å²) in [5, 5.41) is 4.95. The van der Waals surface area contributed by atoms with Crippen LogP contribution in [0, 0.1) is 5.92 Å². The maximum atomic E-state index is 12.8. The molecule has 7 nitrogen and oxygen atoms in total. The zero-order valence-electron chi connectivity index (χ0n) is 21.6. The largest absolute Gasteiger partial charge is 0.497 e. The lowest BCUT2D eigenvalue weighted by molar-refractivity contribution is -0.132. The maximum Gasteiger partial charge on any atom is 0.234 e. The molecule has 1 aliphatic heterocycles. The Labute approximate surface area is 218 Å². The van der Waals surface area contributed by atoms with E-state index in [2.05, 4.69) is 40.8 Å². The lowest BCUT2D eigenvalue weighted by atomic mass is 9.80. The van der Waals surface area contributed by atoms with Crippen LogP contribution in [0.2, 0.25) is 0 Å². The minimum atomic E-state index is -0.339. The lowest BCUT2D eigenvalue weighted by Crippen LogP contribution is -2.54. The molecule has 2 aliphatic rings. The zero-order valence-corrected chi connectivity index (χ0v) is 21.6. The second-order valence-electron chi connectivity index (χ2n) is 10.6. The Morgan fingerprint density at radius 3 is 2.41 bits per heavy atom. The number of aromatic nitrogens is 1. The third-order valence-electron chi connectivity index (χ3n) is 8.39. The molecule has 2 fully saturated rings. The number of nitrogens with one attached hydrogen (secondary N) is 2. The highest BCUT2D eigenvalue weighted by Crippen LogP contribution is 2.37. The molecule has 1 saturated heterocycles. The van der Waals surface area contributed by atoms with Gasteiger partial charge in [0.05, 0.1) is 19.6 Å². The van der Waals surface area contributed by atoms with Crippen molar-refractivity contribution >= 4 is 22.7 Å². The summed E-state index contributed by atoms with van der Waals surface area (Å²) in [5.41, 5.74) is 9.46. The number of amides is 2. The van der Waals surface area contributed by atoms with E-state index in [0.717, 1.165) is 49.8 Å². The first-order valence-electron chi connectivity index (χ1n) is 13.5. The number of benzene rings is 2. The molecule has 1 atom stereocenters. The average Bonchev–Trinajstić information content (AvgIpc) is 3.37. The molecule has 1 aliphatic carbocycles. The highest BCUT2D eigenvalue weighted by Gasteiger charge is 2.34. The van der Waals surface area contributed by atoms with Crippen LogP contribution >= 0.6 is 0 Å². The number of nitrogens with two attached hydrogens (primary N) is 1. The number of para-hydroxylation sites is 1. The van der Waals surface area contributed by atoms with Gasteiger partial charge < -0.3 is 25.7 Å². The Balaban J connectivity index is 1.11. The van der Waals surface area contributed by atoms with E-state index in [9.17, 15) is 9.59 Å². The van der Waals surface area contributed by atoms with Crippen LogP contribution in [-0.2, 0) is 16.0 Å². The number of ether oxygens (including phenoxy) is 1. The Morgan fingerprint density at radius 2 is 1.73 bits per heavy atom. The van der Waals surface area contributed by atoms with Crippen molar-refractivity contribution in [3.8, 4) is 5.75 Å². The van der Waals surface area contributed by atoms with Gasteiger partial charge in [0.15, 0.2) is 0 Å². The van der Waals surface area contributed by atoms with Crippen LogP contribution in [0.1, 0.15) is 55.6 Å². The van der Waals surface area contributed by atoms with E-state index in [0.29, 0.717) is 31.5 Å². The first-order valence-corrected chi connectivity index (χ1v) is 13.5. The first kappa shape index (κ1) is 25.3. The average molecular weight is 503 g/mol. The molecule has 1 aromatic heterocycles. The van der Waals surface area contributed by atoms with Gasteiger partial charge in [-0.25, -0.2) is 0 Å². The van der Waals surface area contributed by atoms with Gasteiger partial charge in [-0.05, 0) is 79.7 Å². The molecule has 3 aromatic rings. The van der Waals surface area contributed by atoms with E-state index >= 15 is 0 Å². The van der Waals surface area contributed by atoms with Crippen molar-refractivity contribution < 1.29 is 14.3 Å². The van der Waals surface area contributed by atoms with Gasteiger partial charge in [-0.1, -0.05) is 30.3 Å². The molecule has 2 heterocycles. The quantitative estimate of drug-likeness (QED) is 0.431. The predicted molar refractivity (Wildman–Crippen MR) is 145 cm³/mol. The number of rotatable bonds is 8. The van der Waals surface area contributed by atoms with E-state index in [1.165, 1.54) is 16.5 Å². The number of hydrogen-bond donors (Lipinski definition) is 3. The smallest absolute Gasteiger partial charge is 0.234 e. The van der Waals surface area contributed by atoms with Gasteiger partial charge in [0.25, 0.3) is 0 Å². The Hall–Kier alpha value is -3.32. The molecule has 1 unspecified atom stereocenters. The minimum absolute atomic E-state index is 0.128. The normalized spacial score (nSPS) is 21.6. The third-order valence-corrected chi connectivity index (χ3v) is 8.39. The van der Waals surface area contributed by atoms with Crippen LogP contribution in [0.3, 0.4) is 0 Å². The zero-order chi connectivity index (χ0) is 25.8. The fourth-order valence-corrected chi connectivity index (χ4v) is 6.22. The van der Waals surface area contributed by atoms with Crippen molar-refractivity contribution in [2.24, 2.45) is 11.7 Å². The van der Waals surface area contributed by atoms with Gasteiger partial charge in [0.2, 0.25) is 11.8 Å². The summed E-state index contributed by atoms with van der Waals surface area (Å²) in [6.07, 6.45) is 8.40. The highest BCUT2D eigenvalue weighted by atomic mass is 16.5. The molecule has 4 N–H and O–H groups in total. The molecule has 2 amide bonds. The number of hydrogen-bond acceptors (Lipinski definition) is 4. The molecule has 0 bridgehead atoms. The van der Waals surface area contributed by atoms with Gasteiger partial charge in [-0.15, -0.1) is 0 Å². The number of nitrogens with zero attached hydrogens (tertiary/aromatic N) is 1. The molecule has 37 heavy (non-hydrogen) atoms. The van der Waals surface area contributed by atoms with E-state index in [1.54, 1.807) is 7.11 Å². The third kappa shape index (κ3) is 5.82. The van der Waals surface area contributed by atoms with Gasteiger partial charge in [-0.2, -0.15) is 0 Å².